The zero-order valence-electron chi connectivity index (χ0n) is 18.4. The SMILES string of the molecule is CC[C@@H](C)Oc1ccc(Br)cc1C=Nn1c(C2CCCCC2)nc2ccc(Br)cc2c1=O. The molecule has 1 aliphatic rings. The first-order valence-corrected chi connectivity index (χ1v) is 12.8. The highest BCUT2D eigenvalue weighted by atomic mass is 79.9. The van der Waals surface area contributed by atoms with E-state index in [1.54, 1.807) is 6.21 Å². The predicted octanol–water partition coefficient (Wildman–Crippen LogP) is 7.03. The molecule has 5 nitrogen and oxygen atoms in total. The fraction of sp³-hybridized carbons (Fsp3) is 0.400. The molecule has 1 fully saturated rings. The smallest absolute Gasteiger partial charge is 0.282 e. The number of rotatable bonds is 6. The average molecular weight is 561 g/mol. The van der Waals surface area contributed by atoms with Crippen molar-refractivity contribution in [1.82, 2.24) is 9.66 Å². The fourth-order valence-corrected chi connectivity index (χ4v) is 4.79. The number of fused-ring (bicyclic) bond motifs is 1. The van der Waals surface area contributed by atoms with Gasteiger partial charge in [-0.25, -0.2) is 4.98 Å². The van der Waals surface area contributed by atoms with Crippen LogP contribution in [0.2, 0.25) is 0 Å². The van der Waals surface area contributed by atoms with Crippen LogP contribution in [0.3, 0.4) is 0 Å². The van der Waals surface area contributed by atoms with Crippen LogP contribution in [0.25, 0.3) is 10.9 Å². The van der Waals surface area contributed by atoms with Crippen molar-refractivity contribution in [2.24, 2.45) is 5.10 Å². The van der Waals surface area contributed by atoms with Gasteiger partial charge in [-0.1, -0.05) is 58.0 Å². The third kappa shape index (κ3) is 5.15. The molecule has 0 saturated heterocycles. The van der Waals surface area contributed by atoms with Crippen LogP contribution < -0.4 is 10.3 Å². The van der Waals surface area contributed by atoms with Crippen LogP contribution in [-0.4, -0.2) is 22.0 Å². The van der Waals surface area contributed by atoms with Crippen molar-refractivity contribution < 1.29 is 4.74 Å². The van der Waals surface area contributed by atoms with Crippen LogP contribution >= 0.6 is 31.9 Å². The molecule has 0 radical (unpaired) electrons. The normalized spacial score (nSPS) is 16.0. The van der Waals surface area contributed by atoms with Crippen LogP contribution in [0, 0.1) is 0 Å². The molecule has 1 aromatic heterocycles. The minimum absolute atomic E-state index is 0.0866. The van der Waals surface area contributed by atoms with E-state index < -0.39 is 0 Å². The van der Waals surface area contributed by atoms with E-state index in [4.69, 9.17) is 9.72 Å². The van der Waals surface area contributed by atoms with Gasteiger partial charge in [-0.15, -0.1) is 0 Å². The monoisotopic (exact) mass is 559 g/mol. The molecule has 4 rings (SSSR count). The van der Waals surface area contributed by atoms with Gasteiger partial charge in [-0.2, -0.15) is 9.78 Å². The number of aromatic nitrogens is 2. The molecule has 1 aliphatic carbocycles. The van der Waals surface area contributed by atoms with Gasteiger partial charge in [0.25, 0.3) is 5.56 Å². The Hall–Kier alpha value is -1.99. The molecule has 0 unspecified atom stereocenters. The zero-order valence-corrected chi connectivity index (χ0v) is 21.5. The molecule has 0 aliphatic heterocycles. The molecular formula is C25H27Br2N3O2. The van der Waals surface area contributed by atoms with E-state index in [1.807, 2.05) is 43.3 Å². The topological polar surface area (TPSA) is 56.5 Å². The van der Waals surface area contributed by atoms with Crippen molar-refractivity contribution in [3.8, 4) is 5.75 Å². The van der Waals surface area contributed by atoms with E-state index >= 15 is 0 Å². The Morgan fingerprint density at radius 3 is 2.62 bits per heavy atom. The number of ether oxygens (including phenoxy) is 1. The Kier molecular flexibility index (Phi) is 7.46. The molecule has 0 spiro atoms. The van der Waals surface area contributed by atoms with Gasteiger partial charge >= 0.3 is 0 Å². The first kappa shape index (κ1) is 23.2. The maximum atomic E-state index is 13.5. The Bertz CT molecular complexity index is 1200. The minimum atomic E-state index is -0.146. The van der Waals surface area contributed by atoms with Crippen LogP contribution in [-0.2, 0) is 0 Å². The van der Waals surface area contributed by atoms with Gasteiger partial charge < -0.3 is 4.74 Å². The fourth-order valence-electron chi connectivity index (χ4n) is 4.05. The van der Waals surface area contributed by atoms with Gasteiger partial charge in [-0.3, -0.25) is 4.79 Å². The van der Waals surface area contributed by atoms with Gasteiger partial charge in [-0.05, 0) is 62.6 Å². The Morgan fingerprint density at radius 1 is 1.16 bits per heavy atom. The zero-order chi connectivity index (χ0) is 22.7. The summed E-state index contributed by atoms with van der Waals surface area (Å²) in [7, 11) is 0. The molecule has 168 valence electrons. The quantitative estimate of drug-likeness (QED) is 0.304. The second-order valence-electron chi connectivity index (χ2n) is 8.35. The maximum Gasteiger partial charge on any atom is 0.282 e. The molecule has 0 N–H and O–H groups in total. The summed E-state index contributed by atoms with van der Waals surface area (Å²) in [6.07, 6.45) is 8.31. The summed E-state index contributed by atoms with van der Waals surface area (Å²) >= 11 is 7.01. The van der Waals surface area contributed by atoms with Crippen molar-refractivity contribution in [3.63, 3.8) is 0 Å². The van der Waals surface area contributed by atoms with Gasteiger partial charge in [0, 0.05) is 20.4 Å². The van der Waals surface area contributed by atoms with Crippen molar-refractivity contribution in [1.29, 1.82) is 0 Å². The summed E-state index contributed by atoms with van der Waals surface area (Å²) in [6.45, 7) is 4.13. The van der Waals surface area contributed by atoms with Crippen LogP contribution in [0.15, 0.2) is 55.2 Å². The molecule has 2 aromatic carbocycles. The summed E-state index contributed by atoms with van der Waals surface area (Å²) in [5, 5.41) is 5.22. The molecule has 7 heteroatoms. The Labute approximate surface area is 205 Å². The number of nitrogens with zero attached hydrogens (tertiary/aromatic N) is 3. The summed E-state index contributed by atoms with van der Waals surface area (Å²) in [5.74, 6) is 1.73. The summed E-state index contributed by atoms with van der Waals surface area (Å²) in [5.41, 5.74) is 1.39. The number of hydrogen-bond donors (Lipinski definition) is 0. The third-order valence-electron chi connectivity index (χ3n) is 5.99. The van der Waals surface area contributed by atoms with Crippen molar-refractivity contribution in [3.05, 3.63) is 67.1 Å². The second kappa shape index (κ2) is 10.3. The maximum absolute atomic E-state index is 13.5. The first-order chi connectivity index (χ1) is 15.5. The Balaban J connectivity index is 1.83. The Morgan fingerprint density at radius 2 is 1.88 bits per heavy atom. The molecule has 1 atom stereocenters. The minimum Gasteiger partial charge on any atom is -0.490 e. The highest BCUT2D eigenvalue weighted by Gasteiger charge is 2.22. The summed E-state index contributed by atoms with van der Waals surface area (Å²) in [6, 6.07) is 11.5. The molecule has 0 bridgehead atoms. The number of halogens is 2. The highest BCUT2D eigenvalue weighted by molar-refractivity contribution is 9.10. The lowest BCUT2D eigenvalue weighted by Gasteiger charge is -2.23. The van der Waals surface area contributed by atoms with Gasteiger partial charge in [0.1, 0.15) is 11.6 Å². The molecule has 0 amide bonds. The van der Waals surface area contributed by atoms with Crippen molar-refractivity contribution in [2.45, 2.75) is 64.4 Å². The lowest BCUT2D eigenvalue weighted by molar-refractivity contribution is 0.217. The van der Waals surface area contributed by atoms with Crippen LogP contribution in [0.5, 0.6) is 5.75 Å². The van der Waals surface area contributed by atoms with Gasteiger partial charge in [0.05, 0.1) is 23.2 Å². The first-order valence-electron chi connectivity index (χ1n) is 11.2. The van der Waals surface area contributed by atoms with Crippen LogP contribution in [0.4, 0.5) is 0 Å². The second-order valence-corrected chi connectivity index (χ2v) is 10.2. The number of benzene rings is 2. The number of hydrogen-bond acceptors (Lipinski definition) is 4. The lowest BCUT2D eigenvalue weighted by Crippen LogP contribution is -2.25. The van der Waals surface area contributed by atoms with Gasteiger partial charge in [0.15, 0.2) is 0 Å². The van der Waals surface area contributed by atoms with E-state index in [9.17, 15) is 4.79 Å². The largest absolute Gasteiger partial charge is 0.490 e. The third-order valence-corrected chi connectivity index (χ3v) is 6.98. The van der Waals surface area contributed by atoms with E-state index in [0.29, 0.717) is 10.9 Å². The van der Waals surface area contributed by atoms with Crippen molar-refractivity contribution >= 4 is 49.0 Å². The van der Waals surface area contributed by atoms with E-state index in [-0.39, 0.29) is 17.6 Å². The highest BCUT2D eigenvalue weighted by Crippen LogP contribution is 2.32. The standard InChI is InChI=1S/C25H27Br2N3O2/c1-3-16(2)32-23-12-10-19(26)13-18(23)15-28-30-24(17-7-5-4-6-8-17)29-22-11-9-20(27)14-21(22)25(30)31/h9-17H,3-8H2,1-2H3/t16-/m1/s1. The predicted molar refractivity (Wildman–Crippen MR) is 137 cm³/mol. The van der Waals surface area contributed by atoms with Gasteiger partial charge in [0.2, 0.25) is 0 Å². The van der Waals surface area contributed by atoms with E-state index in [1.165, 1.54) is 11.1 Å². The molecule has 1 heterocycles. The van der Waals surface area contributed by atoms with E-state index in [2.05, 4.69) is 43.9 Å². The molecular weight excluding hydrogens is 534 g/mol. The average Bonchev–Trinajstić information content (AvgIpc) is 2.80. The van der Waals surface area contributed by atoms with Crippen LogP contribution in [0.1, 0.15) is 69.7 Å². The summed E-state index contributed by atoms with van der Waals surface area (Å²) < 4.78 is 9.35. The molecule has 3 aromatic rings. The lowest BCUT2D eigenvalue weighted by atomic mass is 9.88. The summed E-state index contributed by atoms with van der Waals surface area (Å²) in [4.78, 5) is 18.4. The molecule has 32 heavy (non-hydrogen) atoms. The van der Waals surface area contributed by atoms with E-state index in [0.717, 1.165) is 58.2 Å². The molecule has 1 saturated carbocycles. The van der Waals surface area contributed by atoms with Crippen molar-refractivity contribution in [2.75, 3.05) is 0 Å².